The lowest BCUT2D eigenvalue weighted by Crippen LogP contribution is -2.44. The Labute approximate surface area is 253 Å². The van der Waals surface area contributed by atoms with E-state index in [1.165, 1.54) is 23.0 Å². The molecule has 11 heteroatoms. The number of carbonyl (C=O) groups is 1. The van der Waals surface area contributed by atoms with E-state index in [1.807, 2.05) is 29.0 Å². The van der Waals surface area contributed by atoms with Crippen LogP contribution in [0.15, 0.2) is 59.7 Å². The number of hydrogen-bond acceptors (Lipinski definition) is 6. The number of ether oxygens (including phenoxy) is 3. The lowest BCUT2D eigenvalue weighted by molar-refractivity contribution is -0.137. The zero-order chi connectivity index (χ0) is 30.6. The van der Waals surface area contributed by atoms with Crippen LogP contribution < -0.4 is 9.54 Å². The Bertz CT molecular complexity index is 1460. The zero-order valence-corrected chi connectivity index (χ0v) is 25.5. The Hall–Kier alpha value is -2.99. The van der Waals surface area contributed by atoms with Gasteiger partial charge in [0.05, 0.1) is 30.4 Å². The van der Waals surface area contributed by atoms with Crippen molar-refractivity contribution < 1.29 is 32.2 Å². The molecule has 1 aromatic heterocycles. The number of carbonyl (C=O) groups excluding carboxylic acids is 1. The number of hydrogen-bond donors (Lipinski definition) is 0. The second-order valence-corrected chi connectivity index (χ2v) is 13.1. The van der Waals surface area contributed by atoms with E-state index >= 15 is 0 Å². The van der Waals surface area contributed by atoms with Gasteiger partial charge in [-0.3, -0.25) is 9.69 Å². The van der Waals surface area contributed by atoms with Crippen LogP contribution in [0.1, 0.15) is 60.0 Å². The number of amides is 1. The maximum absolute atomic E-state index is 13.7. The van der Waals surface area contributed by atoms with E-state index in [0.29, 0.717) is 31.1 Å². The fourth-order valence-corrected chi connectivity index (χ4v) is 6.20. The van der Waals surface area contributed by atoms with Gasteiger partial charge in [0, 0.05) is 37.3 Å². The summed E-state index contributed by atoms with van der Waals surface area (Å²) in [6, 6.07) is 13.0. The van der Waals surface area contributed by atoms with Crippen molar-refractivity contribution in [3.63, 3.8) is 0 Å². The molecular formula is C32H38F3N3O4S. The lowest BCUT2D eigenvalue weighted by atomic mass is 9.95. The number of alkyl halides is 3. The smallest absolute Gasteiger partial charge is 0.416 e. The number of aromatic nitrogens is 1. The van der Waals surface area contributed by atoms with Gasteiger partial charge in [-0.15, -0.1) is 11.3 Å². The Morgan fingerprint density at radius 3 is 2.53 bits per heavy atom. The molecule has 43 heavy (non-hydrogen) atoms. The van der Waals surface area contributed by atoms with Crippen LogP contribution in [0.25, 0.3) is 0 Å². The van der Waals surface area contributed by atoms with E-state index in [2.05, 4.69) is 42.8 Å². The minimum absolute atomic E-state index is 0.000807. The molecule has 2 saturated heterocycles. The summed E-state index contributed by atoms with van der Waals surface area (Å²) in [5.41, 5.74) is -0.184. The highest BCUT2D eigenvalue weighted by Gasteiger charge is 2.32. The van der Waals surface area contributed by atoms with Crippen LogP contribution in [0.3, 0.4) is 0 Å². The highest BCUT2D eigenvalue weighted by molar-refractivity contribution is 7.09. The van der Waals surface area contributed by atoms with Crippen LogP contribution in [-0.4, -0.2) is 60.5 Å². The molecule has 2 fully saturated rings. The number of morpholine rings is 1. The summed E-state index contributed by atoms with van der Waals surface area (Å²) in [5.74, 6) is -0.747. The van der Waals surface area contributed by atoms with Crippen molar-refractivity contribution in [2.24, 2.45) is 4.99 Å². The molecule has 2 aliphatic rings. The Balaban J connectivity index is 1.38. The van der Waals surface area contributed by atoms with Crippen molar-refractivity contribution in [1.82, 2.24) is 9.47 Å². The van der Waals surface area contributed by atoms with Gasteiger partial charge in [-0.1, -0.05) is 51.1 Å². The maximum Gasteiger partial charge on any atom is 0.416 e. The molecular weight excluding hydrogens is 579 g/mol. The topological polar surface area (TPSA) is 65.3 Å². The molecule has 0 aliphatic carbocycles. The first kappa shape index (κ1) is 31.4. The molecule has 0 N–H and O–H groups in total. The van der Waals surface area contributed by atoms with E-state index in [1.54, 1.807) is 0 Å². The molecule has 2 atom stereocenters. The highest BCUT2D eigenvalue weighted by Crippen LogP contribution is 2.33. The lowest BCUT2D eigenvalue weighted by Gasteiger charge is -2.33. The van der Waals surface area contributed by atoms with Gasteiger partial charge in [-0.05, 0) is 42.0 Å². The summed E-state index contributed by atoms with van der Waals surface area (Å²) in [6.45, 7) is 10.1. The molecule has 1 unspecified atom stereocenters. The summed E-state index contributed by atoms with van der Waals surface area (Å²) in [5, 5.41) is 0. The minimum Gasteiger partial charge on any atom is -0.490 e. The fraction of sp³-hybridized carbons (Fsp3) is 0.500. The standard InChI is InChI=1S/C32H38F3N3O4S/c1-31(2,3)28-20-38(19-24-10-7-14-40-24)30(43-28)36-29(39)26-16-23(32(33,34)35)11-12-27(26)42-21-25-18-37(13-15-41-25)17-22-8-5-4-6-9-22/h4-6,8-9,11-12,16,20,24-25H,7,10,13-15,17-19,21H2,1-3H3/b36-30-/t24-,25?/m0/s1. The van der Waals surface area contributed by atoms with E-state index in [4.69, 9.17) is 14.2 Å². The van der Waals surface area contributed by atoms with E-state index in [9.17, 15) is 18.0 Å². The number of halogens is 3. The second kappa shape index (κ2) is 13.3. The largest absolute Gasteiger partial charge is 0.490 e. The average Bonchev–Trinajstić information content (AvgIpc) is 3.62. The molecule has 3 heterocycles. The quantitative estimate of drug-likeness (QED) is 0.307. The van der Waals surface area contributed by atoms with Crippen molar-refractivity contribution in [2.75, 3.05) is 32.9 Å². The van der Waals surface area contributed by atoms with Crippen molar-refractivity contribution in [2.45, 2.75) is 70.5 Å². The van der Waals surface area contributed by atoms with Gasteiger partial charge < -0.3 is 18.8 Å². The molecule has 0 spiro atoms. The Morgan fingerprint density at radius 1 is 1.07 bits per heavy atom. The van der Waals surface area contributed by atoms with Gasteiger partial charge in [-0.2, -0.15) is 18.2 Å². The first-order chi connectivity index (χ1) is 20.5. The number of benzene rings is 2. The summed E-state index contributed by atoms with van der Waals surface area (Å²) in [4.78, 5) is 21.6. The molecule has 5 rings (SSSR count). The Kier molecular flexibility index (Phi) is 9.75. The molecule has 3 aromatic rings. The molecule has 2 aliphatic heterocycles. The van der Waals surface area contributed by atoms with Crippen molar-refractivity contribution in [1.29, 1.82) is 0 Å². The number of nitrogens with zero attached hydrogens (tertiary/aromatic N) is 3. The molecule has 232 valence electrons. The summed E-state index contributed by atoms with van der Waals surface area (Å²) >= 11 is 1.36. The average molecular weight is 618 g/mol. The first-order valence-electron chi connectivity index (χ1n) is 14.6. The van der Waals surface area contributed by atoms with Gasteiger partial charge >= 0.3 is 6.18 Å². The SMILES string of the molecule is CC(C)(C)c1cn(C[C@@H]2CCCO2)/c(=N/C(=O)c2cc(C(F)(F)F)ccc2OCC2CN(Cc3ccccc3)CCO2)s1. The van der Waals surface area contributed by atoms with Gasteiger partial charge in [0.25, 0.3) is 5.91 Å². The first-order valence-corrected chi connectivity index (χ1v) is 15.4. The molecule has 1 amide bonds. The van der Waals surface area contributed by atoms with E-state index in [-0.39, 0.29) is 35.5 Å². The fourth-order valence-electron chi connectivity index (χ4n) is 5.15. The van der Waals surface area contributed by atoms with Gasteiger partial charge in [0.2, 0.25) is 0 Å². The number of rotatable bonds is 8. The van der Waals surface area contributed by atoms with Gasteiger partial charge in [0.15, 0.2) is 4.80 Å². The third-order valence-corrected chi connectivity index (χ3v) is 8.96. The minimum atomic E-state index is -4.62. The molecule has 0 radical (unpaired) electrons. The van der Waals surface area contributed by atoms with Crippen LogP contribution in [-0.2, 0) is 34.2 Å². The van der Waals surface area contributed by atoms with Crippen LogP contribution in [0.4, 0.5) is 13.2 Å². The molecule has 2 aromatic carbocycles. The predicted molar refractivity (Wildman–Crippen MR) is 158 cm³/mol. The molecule has 7 nitrogen and oxygen atoms in total. The third kappa shape index (κ3) is 8.35. The van der Waals surface area contributed by atoms with Gasteiger partial charge in [0.1, 0.15) is 18.5 Å². The van der Waals surface area contributed by atoms with Gasteiger partial charge in [-0.25, -0.2) is 0 Å². The monoisotopic (exact) mass is 617 g/mol. The zero-order valence-electron chi connectivity index (χ0n) is 24.7. The highest BCUT2D eigenvalue weighted by atomic mass is 32.1. The van der Waals surface area contributed by atoms with E-state index < -0.39 is 17.6 Å². The normalized spacial score (nSPS) is 20.5. The van der Waals surface area contributed by atoms with Crippen LogP contribution >= 0.6 is 11.3 Å². The summed E-state index contributed by atoms with van der Waals surface area (Å²) in [7, 11) is 0. The van der Waals surface area contributed by atoms with Crippen LogP contribution in [0.5, 0.6) is 5.75 Å². The summed E-state index contributed by atoms with van der Waals surface area (Å²) < 4.78 is 60.6. The van der Waals surface area contributed by atoms with Crippen LogP contribution in [0, 0.1) is 0 Å². The maximum atomic E-state index is 13.7. The van der Waals surface area contributed by atoms with Crippen LogP contribution in [0.2, 0.25) is 0 Å². The predicted octanol–water partition coefficient (Wildman–Crippen LogP) is 6.07. The Morgan fingerprint density at radius 2 is 1.84 bits per heavy atom. The summed E-state index contributed by atoms with van der Waals surface area (Å²) in [6.07, 6.45) is -1.10. The van der Waals surface area contributed by atoms with Crippen molar-refractivity contribution >= 4 is 17.2 Å². The van der Waals surface area contributed by atoms with Crippen molar-refractivity contribution in [3.8, 4) is 5.75 Å². The van der Waals surface area contributed by atoms with E-state index in [0.717, 1.165) is 42.9 Å². The molecule has 0 bridgehead atoms. The third-order valence-electron chi connectivity index (χ3n) is 7.51. The molecule has 0 saturated carbocycles. The number of thiazole rings is 1. The second-order valence-electron chi connectivity index (χ2n) is 12.1. The van der Waals surface area contributed by atoms with Crippen molar-refractivity contribution in [3.05, 3.63) is 81.1 Å².